The van der Waals surface area contributed by atoms with Gasteiger partial charge < -0.3 is 15.5 Å². The molecule has 3 heterocycles. The first-order chi connectivity index (χ1) is 11.5. The van der Waals surface area contributed by atoms with Crippen LogP contribution in [0.15, 0.2) is 34.0 Å². The van der Waals surface area contributed by atoms with Gasteiger partial charge in [-0.1, -0.05) is 11.8 Å². The zero-order valence-corrected chi connectivity index (χ0v) is 13.8. The summed E-state index contributed by atoms with van der Waals surface area (Å²) in [5.74, 6) is 0.241. The highest BCUT2D eigenvalue weighted by Gasteiger charge is 2.31. The van der Waals surface area contributed by atoms with Crippen LogP contribution in [0.2, 0.25) is 0 Å². The molecule has 0 saturated heterocycles. The highest BCUT2D eigenvalue weighted by molar-refractivity contribution is 8.13. The summed E-state index contributed by atoms with van der Waals surface area (Å²) in [7, 11) is 0. The number of nitrogens with zero attached hydrogens (tertiary/aromatic N) is 3. The number of carbonyl (C=O) groups excluding carboxylic acids is 1. The molecule has 0 bridgehead atoms. The first-order valence-electron chi connectivity index (χ1n) is 7.26. The Morgan fingerprint density at radius 1 is 1.58 bits per heavy atom. The Kier molecular flexibility index (Phi) is 4.52. The van der Waals surface area contributed by atoms with Crippen LogP contribution in [-0.2, 0) is 12.2 Å². The zero-order valence-electron chi connectivity index (χ0n) is 13.0. The lowest BCUT2D eigenvalue weighted by molar-refractivity contribution is 0.102. The van der Waals surface area contributed by atoms with E-state index < -0.39 is 18.1 Å². The van der Waals surface area contributed by atoms with Gasteiger partial charge in [0.1, 0.15) is 11.8 Å². The van der Waals surface area contributed by atoms with Crippen molar-refractivity contribution in [1.82, 2.24) is 9.97 Å². The van der Waals surface area contributed by atoms with Crippen LogP contribution in [0.4, 0.5) is 10.1 Å². The molecular weight excluding hydrogens is 333 g/mol. The average molecular weight is 349 g/mol. The van der Waals surface area contributed by atoms with Crippen LogP contribution in [0.25, 0.3) is 0 Å². The molecule has 24 heavy (non-hydrogen) atoms. The minimum atomic E-state index is -0.859. The van der Waals surface area contributed by atoms with E-state index in [2.05, 4.69) is 20.3 Å². The summed E-state index contributed by atoms with van der Waals surface area (Å²) in [4.78, 5) is 24.7. The molecule has 1 aliphatic heterocycles. The van der Waals surface area contributed by atoms with Crippen molar-refractivity contribution in [3.05, 3.63) is 41.9 Å². The molecule has 126 valence electrons. The van der Waals surface area contributed by atoms with Crippen LogP contribution in [-0.4, -0.2) is 26.8 Å². The number of halogens is 1. The molecule has 0 spiro atoms. The molecule has 1 amide bonds. The molecule has 0 saturated carbocycles. The number of amides is 1. The second-order valence-corrected chi connectivity index (χ2v) is 6.58. The summed E-state index contributed by atoms with van der Waals surface area (Å²) in [6.07, 6.45) is 3.52. The Morgan fingerprint density at radius 2 is 2.42 bits per heavy atom. The second kappa shape index (κ2) is 6.60. The number of aliphatic imine (C=N–C) groups is 1. The predicted molar refractivity (Wildman–Crippen MR) is 89.6 cm³/mol. The van der Waals surface area contributed by atoms with Crippen molar-refractivity contribution < 1.29 is 13.6 Å². The number of pyridine rings is 1. The maximum absolute atomic E-state index is 12.4. The van der Waals surface area contributed by atoms with Crippen molar-refractivity contribution in [1.29, 1.82) is 0 Å². The van der Waals surface area contributed by atoms with Crippen LogP contribution >= 0.6 is 11.8 Å². The zero-order chi connectivity index (χ0) is 17.2. The van der Waals surface area contributed by atoms with E-state index in [1.807, 2.05) is 6.92 Å². The van der Waals surface area contributed by atoms with Gasteiger partial charge in [-0.3, -0.25) is 9.78 Å². The number of hydrogen-bond acceptors (Lipinski definition) is 7. The first kappa shape index (κ1) is 16.4. The summed E-state index contributed by atoms with van der Waals surface area (Å²) in [5, 5.41) is 3.22. The molecule has 1 aliphatic rings. The summed E-state index contributed by atoms with van der Waals surface area (Å²) in [5.41, 5.74) is 6.58. The van der Waals surface area contributed by atoms with Crippen LogP contribution in [0, 0.1) is 0 Å². The van der Waals surface area contributed by atoms with Gasteiger partial charge in [0, 0.05) is 17.6 Å². The molecule has 0 unspecified atom stereocenters. The number of carbonyl (C=O) groups is 1. The molecule has 0 fully saturated rings. The summed E-state index contributed by atoms with van der Waals surface area (Å²) in [6, 6.07) is 3.41. The average Bonchev–Trinajstić information content (AvgIpc) is 3.04. The summed E-state index contributed by atoms with van der Waals surface area (Å²) in [6.45, 7) is 1.10. The fourth-order valence-corrected chi connectivity index (χ4v) is 3.32. The van der Waals surface area contributed by atoms with Gasteiger partial charge >= 0.3 is 0 Å². The molecule has 2 aromatic rings. The minimum absolute atomic E-state index is 0.0172. The number of nitrogens with two attached hydrogens (primary N) is 1. The van der Waals surface area contributed by atoms with Crippen molar-refractivity contribution in [3.8, 4) is 0 Å². The molecule has 3 rings (SSSR count). The molecule has 1 atom stereocenters. The normalized spacial score (nSPS) is 20.5. The van der Waals surface area contributed by atoms with Gasteiger partial charge in [-0.15, -0.1) is 0 Å². The van der Waals surface area contributed by atoms with Crippen LogP contribution in [0.3, 0.4) is 0 Å². The van der Waals surface area contributed by atoms with Gasteiger partial charge in [0.2, 0.25) is 5.89 Å². The Bertz CT molecular complexity index is 794. The molecule has 0 aromatic carbocycles. The third kappa shape index (κ3) is 3.40. The monoisotopic (exact) mass is 349 g/mol. The summed E-state index contributed by atoms with van der Waals surface area (Å²) >= 11 is 1.51. The van der Waals surface area contributed by atoms with E-state index in [4.69, 9.17) is 10.2 Å². The summed E-state index contributed by atoms with van der Waals surface area (Å²) < 4.78 is 17.3. The predicted octanol–water partition coefficient (Wildman–Crippen LogP) is 2.46. The number of nitrogens with one attached hydrogen (secondary N) is 1. The number of amidine groups is 1. The molecule has 9 heteroatoms. The minimum Gasteiger partial charge on any atom is -0.445 e. The van der Waals surface area contributed by atoms with Crippen LogP contribution in [0.5, 0.6) is 0 Å². The number of thioether (sulfide) groups is 1. The van der Waals surface area contributed by atoms with Gasteiger partial charge in [-0.2, -0.15) is 0 Å². The van der Waals surface area contributed by atoms with Gasteiger partial charge in [-0.05, 0) is 25.5 Å². The van der Waals surface area contributed by atoms with Crippen LogP contribution < -0.4 is 11.1 Å². The molecule has 3 N–H and O–H groups in total. The molecule has 7 nitrogen and oxygen atoms in total. The Balaban J connectivity index is 1.80. The fourth-order valence-electron chi connectivity index (χ4n) is 2.35. The molecule has 0 radical (unpaired) electrons. The number of hydrogen-bond donors (Lipinski definition) is 2. The maximum atomic E-state index is 12.4. The molecule has 0 aliphatic carbocycles. The number of rotatable bonds is 4. The van der Waals surface area contributed by atoms with Crippen molar-refractivity contribution in [2.24, 2.45) is 10.7 Å². The number of oxazole rings is 1. The maximum Gasteiger partial charge on any atom is 0.277 e. The lowest BCUT2D eigenvalue weighted by Crippen LogP contribution is -2.29. The van der Waals surface area contributed by atoms with Gasteiger partial charge in [0.05, 0.1) is 5.69 Å². The van der Waals surface area contributed by atoms with E-state index in [1.165, 1.54) is 11.8 Å². The molecular formula is C15H16FN5O2S. The van der Waals surface area contributed by atoms with Crippen molar-refractivity contribution >= 4 is 28.5 Å². The van der Waals surface area contributed by atoms with E-state index in [0.717, 1.165) is 18.4 Å². The van der Waals surface area contributed by atoms with Crippen molar-refractivity contribution in [2.45, 2.75) is 25.6 Å². The molecule has 2 aromatic heterocycles. The quantitative estimate of drug-likeness (QED) is 0.878. The Morgan fingerprint density at radius 3 is 3.12 bits per heavy atom. The Labute approximate surface area is 142 Å². The van der Waals surface area contributed by atoms with Crippen LogP contribution in [0.1, 0.15) is 35.4 Å². The Hall–Kier alpha value is -2.42. The largest absolute Gasteiger partial charge is 0.445 e. The van der Waals surface area contributed by atoms with E-state index in [1.54, 1.807) is 18.3 Å². The van der Waals surface area contributed by atoms with Gasteiger partial charge in [-0.25, -0.2) is 14.4 Å². The second-order valence-electron chi connectivity index (χ2n) is 5.47. The third-order valence-electron chi connectivity index (χ3n) is 3.66. The topological polar surface area (TPSA) is 106 Å². The van der Waals surface area contributed by atoms with Crippen molar-refractivity contribution in [3.63, 3.8) is 0 Å². The van der Waals surface area contributed by atoms with E-state index in [0.29, 0.717) is 16.5 Å². The van der Waals surface area contributed by atoms with E-state index >= 15 is 0 Å². The lowest BCUT2D eigenvalue weighted by Gasteiger charge is -2.28. The van der Waals surface area contributed by atoms with Gasteiger partial charge in [0.25, 0.3) is 5.91 Å². The fraction of sp³-hybridized carbons (Fsp3) is 0.333. The smallest absolute Gasteiger partial charge is 0.277 e. The number of anilines is 1. The third-order valence-corrected chi connectivity index (χ3v) is 4.46. The lowest BCUT2D eigenvalue weighted by atomic mass is 9.94. The number of aromatic nitrogens is 2. The highest BCUT2D eigenvalue weighted by atomic mass is 32.2. The standard InChI is InChI=1S/C15H16FN5O2S/c1-15(3-5-24-14(17)21-15)11-6-9(2-4-18-11)19-13(22)10-8-23-12(7-16)20-10/h2,4,6,8H,3,5,7H2,1H3,(H2,17,21)(H,18,19,22)/t15-/m0/s1. The van der Waals surface area contributed by atoms with E-state index in [-0.39, 0.29) is 11.6 Å². The highest BCUT2D eigenvalue weighted by Crippen LogP contribution is 2.34. The van der Waals surface area contributed by atoms with Crippen molar-refractivity contribution in [2.75, 3.05) is 11.1 Å². The SMILES string of the molecule is C[C@@]1(c2cc(NC(=O)c3coc(CF)n3)ccn2)CCSC(N)=N1. The number of alkyl halides is 1. The van der Waals surface area contributed by atoms with E-state index in [9.17, 15) is 9.18 Å². The first-order valence-corrected chi connectivity index (χ1v) is 8.25. The van der Waals surface area contributed by atoms with Gasteiger partial charge in [0.15, 0.2) is 17.5 Å².